The van der Waals surface area contributed by atoms with Crippen molar-refractivity contribution in [2.24, 2.45) is 0 Å². The van der Waals surface area contributed by atoms with Gasteiger partial charge in [-0.1, -0.05) is 0 Å². The smallest absolute Gasteiger partial charge is 0.339 e. The highest BCUT2D eigenvalue weighted by molar-refractivity contribution is 7.08. The molecule has 98 valence electrons. The first kappa shape index (κ1) is 11.7. The molecule has 20 heavy (non-hydrogen) atoms. The molecule has 0 aliphatic carbocycles. The summed E-state index contributed by atoms with van der Waals surface area (Å²) in [4.78, 5) is 11.7. The van der Waals surface area contributed by atoms with Crippen molar-refractivity contribution in [1.29, 1.82) is 0 Å². The zero-order chi connectivity index (χ0) is 13.5. The van der Waals surface area contributed by atoms with Gasteiger partial charge in [-0.3, -0.25) is 0 Å². The molecule has 0 radical (unpaired) electrons. The lowest BCUT2D eigenvalue weighted by molar-refractivity contribution is 0.456. The second-order valence-corrected chi connectivity index (χ2v) is 5.88. The predicted octanol–water partition coefficient (Wildman–Crippen LogP) is 4.84. The van der Waals surface area contributed by atoms with Gasteiger partial charge in [-0.05, 0) is 39.9 Å². The van der Waals surface area contributed by atoms with Gasteiger partial charge in [0.15, 0.2) is 0 Å². The van der Waals surface area contributed by atoms with Gasteiger partial charge in [0.2, 0.25) is 0 Å². The SMILES string of the molecule is O=c1cc(-c2ccsc2)c2cc(-c3ccsc3)oc2o1. The summed E-state index contributed by atoms with van der Waals surface area (Å²) in [6.45, 7) is 0. The fourth-order valence-electron chi connectivity index (χ4n) is 2.16. The van der Waals surface area contributed by atoms with Crippen LogP contribution in [0.25, 0.3) is 33.6 Å². The molecule has 0 N–H and O–H groups in total. The van der Waals surface area contributed by atoms with Crippen molar-refractivity contribution in [3.8, 4) is 22.5 Å². The van der Waals surface area contributed by atoms with Crippen molar-refractivity contribution >= 4 is 33.8 Å². The van der Waals surface area contributed by atoms with E-state index in [9.17, 15) is 4.79 Å². The molecule has 0 bridgehead atoms. The molecule has 0 amide bonds. The minimum Gasteiger partial charge on any atom is -0.425 e. The molecule has 0 aliphatic heterocycles. The molecule has 4 rings (SSSR count). The zero-order valence-electron chi connectivity index (χ0n) is 10.2. The number of hydrogen-bond acceptors (Lipinski definition) is 5. The number of fused-ring (bicyclic) bond motifs is 1. The molecule has 4 aromatic rings. The molecular formula is C15H8O3S2. The summed E-state index contributed by atoms with van der Waals surface area (Å²) in [5, 5.41) is 8.80. The van der Waals surface area contributed by atoms with E-state index in [-0.39, 0.29) is 5.78 Å². The molecular weight excluding hydrogens is 292 g/mol. The van der Waals surface area contributed by atoms with E-state index in [1.807, 2.05) is 39.7 Å². The summed E-state index contributed by atoms with van der Waals surface area (Å²) >= 11 is 3.19. The van der Waals surface area contributed by atoms with Gasteiger partial charge >= 0.3 is 11.4 Å². The fraction of sp³-hybridized carbons (Fsp3) is 0. The number of rotatable bonds is 2. The second-order valence-electron chi connectivity index (χ2n) is 4.31. The Bertz CT molecular complexity index is 912. The zero-order valence-corrected chi connectivity index (χ0v) is 11.8. The molecule has 4 heterocycles. The Hall–Kier alpha value is -2.11. The van der Waals surface area contributed by atoms with Gasteiger partial charge in [0.05, 0.1) is 5.39 Å². The predicted molar refractivity (Wildman–Crippen MR) is 81.4 cm³/mol. The van der Waals surface area contributed by atoms with Crippen LogP contribution in [0.3, 0.4) is 0 Å². The Balaban J connectivity index is 2.02. The normalized spacial score (nSPS) is 11.2. The van der Waals surface area contributed by atoms with Crippen molar-refractivity contribution in [3.63, 3.8) is 0 Å². The van der Waals surface area contributed by atoms with E-state index in [0.29, 0.717) is 5.76 Å². The molecule has 5 heteroatoms. The van der Waals surface area contributed by atoms with Crippen molar-refractivity contribution in [3.05, 3.63) is 56.2 Å². The van der Waals surface area contributed by atoms with E-state index < -0.39 is 5.63 Å². The van der Waals surface area contributed by atoms with Crippen molar-refractivity contribution in [2.75, 3.05) is 0 Å². The van der Waals surface area contributed by atoms with Crippen LogP contribution < -0.4 is 5.63 Å². The Morgan fingerprint density at radius 1 is 0.900 bits per heavy atom. The number of furan rings is 1. The quantitative estimate of drug-likeness (QED) is 0.532. The maximum atomic E-state index is 11.7. The van der Waals surface area contributed by atoms with Crippen LogP contribution in [0.4, 0.5) is 0 Å². The second kappa shape index (κ2) is 4.47. The molecule has 3 nitrogen and oxygen atoms in total. The molecule has 0 fully saturated rings. The van der Waals surface area contributed by atoms with Crippen LogP contribution in [-0.2, 0) is 0 Å². The Labute approximate surface area is 121 Å². The first-order valence-electron chi connectivity index (χ1n) is 5.94. The monoisotopic (exact) mass is 300 g/mol. The highest BCUT2D eigenvalue weighted by Gasteiger charge is 2.14. The summed E-state index contributed by atoms with van der Waals surface area (Å²) < 4.78 is 10.8. The maximum absolute atomic E-state index is 11.7. The third-order valence-corrected chi connectivity index (χ3v) is 4.45. The van der Waals surface area contributed by atoms with E-state index in [0.717, 1.165) is 22.1 Å². The molecule has 0 unspecified atom stereocenters. The van der Waals surface area contributed by atoms with Crippen LogP contribution in [0.1, 0.15) is 0 Å². The Morgan fingerprint density at radius 2 is 1.65 bits per heavy atom. The van der Waals surface area contributed by atoms with E-state index in [4.69, 9.17) is 8.83 Å². The summed E-state index contributed by atoms with van der Waals surface area (Å²) in [5.74, 6) is 0.993. The standard InChI is InChI=1S/C15H8O3S2/c16-14-6-11(9-1-3-19-7-9)12-5-13(17-15(12)18-14)10-2-4-20-8-10/h1-8H. The van der Waals surface area contributed by atoms with Crippen LogP contribution in [0.15, 0.2) is 59.4 Å². The van der Waals surface area contributed by atoms with E-state index in [1.165, 1.54) is 6.07 Å². The first-order chi connectivity index (χ1) is 9.81. The highest BCUT2D eigenvalue weighted by atomic mass is 32.1. The lowest BCUT2D eigenvalue weighted by Gasteiger charge is -1.96. The van der Waals surface area contributed by atoms with Gasteiger partial charge < -0.3 is 8.83 Å². The lowest BCUT2D eigenvalue weighted by atomic mass is 10.1. The van der Waals surface area contributed by atoms with E-state index in [2.05, 4.69) is 0 Å². The average Bonchev–Trinajstić information content (AvgIpc) is 3.18. The molecule has 4 aromatic heterocycles. The molecule has 0 saturated carbocycles. The fourth-order valence-corrected chi connectivity index (χ4v) is 3.46. The van der Waals surface area contributed by atoms with Gasteiger partial charge in [0.25, 0.3) is 0 Å². The van der Waals surface area contributed by atoms with Crippen LogP contribution in [0, 0.1) is 0 Å². The molecule has 0 saturated heterocycles. The van der Waals surface area contributed by atoms with Crippen molar-refractivity contribution in [1.82, 2.24) is 0 Å². The molecule has 0 aliphatic rings. The van der Waals surface area contributed by atoms with Gasteiger partial charge in [0, 0.05) is 22.6 Å². The average molecular weight is 300 g/mol. The lowest BCUT2D eigenvalue weighted by Crippen LogP contribution is -1.96. The number of thiophene rings is 2. The van der Waals surface area contributed by atoms with E-state index in [1.54, 1.807) is 22.7 Å². The Morgan fingerprint density at radius 3 is 2.35 bits per heavy atom. The number of hydrogen-bond donors (Lipinski definition) is 0. The van der Waals surface area contributed by atoms with Gasteiger partial charge in [-0.15, -0.1) is 0 Å². The maximum Gasteiger partial charge on any atom is 0.339 e. The van der Waals surface area contributed by atoms with Crippen LogP contribution >= 0.6 is 22.7 Å². The van der Waals surface area contributed by atoms with Crippen LogP contribution in [0.5, 0.6) is 0 Å². The van der Waals surface area contributed by atoms with Crippen LogP contribution in [-0.4, -0.2) is 0 Å². The van der Waals surface area contributed by atoms with E-state index >= 15 is 0 Å². The summed E-state index contributed by atoms with van der Waals surface area (Å²) in [7, 11) is 0. The van der Waals surface area contributed by atoms with Crippen molar-refractivity contribution < 1.29 is 8.83 Å². The first-order valence-corrected chi connectivity index (χ1v) is 7.83. The molecule has 0 aromatic carbocycles. The Kier molecular flexibility index (Phi) is 2.61. The van der Waals surface area contributed by atoms with Gasteiger partial charge in [0.1, 0.15) is 5.76 Å². The minimum atomic E-state index is -0.398. The topological polar surface area (TPSA) is 43.4 Å². The van der Waals surface area contributed by atoms with Gasteiger partial charge in [-0.2, -0.15) is 22.7 Å². The molecule has 0 spiro atoms. The van der Waals surface area contributed by atoms with Crippen LogP contribution in [0.2, 0.25) is 0 Å². The highest BCUT2D eigenvalue weighted by Crippen LogP contribution is 2.34. The third kappa shape index (κ3) is 1.83. The van der Waals surface area contributed by atoms with Gasteiger partial charge in [-0.25, -0.2) is 4.79 Å². The largest absolute Gasteiger partial charge is 0.425 e. The molecule has 0 atom stereocenters. The summed E-state index contributed by atoms with van der Waals surface area (Å²) in [6, 6.07) is 7.39. The third-order valence-electron chi connectivity index (χ3n) is 3.08. The summed E-state index contributed by atoms with van der Waals surface area (Å²) in [5.41, 5.74) is 2.45. The van der Waals surface area contributed by atoms with Crippen molar-refractivity contribution in [2.45, 2.75) is 0 Å². The minimum absolute atomic E-state index is 0.278. The summed E-state index contributed by atoms with van der Waals surface area (Å²) in [6.07, 6.45) is 0.